The van der Waals surface area contributed by atoms with Crippen molar-refractivity contribution in [2.24, 2.45) is 0 Å². The van der Waals surface area contributed by atoms with Gasteiger partial charge < -0.3 is 11.1 Å². The Labute approximate surface area is 91.7 Å². The molecule has 0 aliphatic heterocycles. The fraction of sp³-hybridized carbons (Fsp3) is 0.111. The second-order valence-electron chi connectivity index (χ2n) is 3.06. The number of aromatic nitrogens is 3. The first-order valence-corrected chi connectivity index (χ1v) is 4.76. The molecule has 0 aromatic carbocycles. The van der Waals surface area contributed by atoms with Crippen LogP contribution in [0.1, 0.15) is 5.56 Å². The molecule has 5 nitrogen and oxygen atoms in total. The fourth-order valence-corrected chi connectivity index (χ4v) is 1.38. The number of halogens is 1. The van der Waals surface area contributed by atoms with Gasteiger partial charge in [-0.3, -0.25) is 5.10 Å². The average Bonchev–Trinajstić information content (AvgIpc) is 2.69. The summed E-state index contributed by atoms with van der Waals surface area (Å²) in [6.07, 6.45) is 5.10. The fourth-order valence-electron chi connectivity index (χ4n) is 1.14. The Balaban J connectivity index is 2.05. The Morgan fingerprint density at radius 1 is 1.47 bits per heavy atom. The molecule has 0 radical (unpaired) electrons. The Kier molecular flexibility index (Phi) is 2.73. The van der Waals surface area contributed by atoms with Crippen molar-refractivity contribution < 1.29 is 0 Å². The van der Waals surface area contributed by atoms with Crippen LogP contribution in [0, 0.1) is 0 Å². The molecule has 4 N–H and O–H groups in total. The van der Waals surface area contributed by atoms with E-state index in [-0.39, 0.29) is 0 Å². The minimum absolute atomic E-state index is 0.512. The zero-order chi connectivity index (χ0) is 10.7. The van der Waals surface area contributed by atoms with Crippen LogP contribution in [0.4, 0.5) is 11.5 Å². The van der Waals surface area contributed by atoms with Gasteiger partial charge in [0.15, 0.2) is 0 Å². The summed E-state index contributed by atoms with van der Waals surface area (Å²) < 4.78 is 0. The molecule has 78 valence electrons. The van der Waals surface area contributed by atoms with Gasteiger partial charge in [0.25, 0.3) is 0 Å². The largest absolute Gasteiger partial charge is 0.397 e. The summed E-state index contributed by atoms with van der Waals surface area (Å²) in [4.78, 5) is 4.08. The number of nitrogen functional groups attached to an aromatic ring is 1. The van der Waals surface area contributed by atoms with E-state index in [0.29, 0.717) is 23.1 Å². The quantitative estimate of drug-likeness (QED) is 0.739. The van der Waals surface area contributed by atoms with Crippen molar-refractivity contribution in [2.45, 2.75) is 6.54 Å². The van der Waals surface area contributed by atoms with Crippen LogP contribution < -0.4 is 11.1 Å². The normalized spacial score (nSPS) is 10.2. The van der Waals surface area contributed by atoms with Crippen LogP contribution in [-0.2, 0) is 6.54 Å². The van der Waals surface area contributed by atoms with Gasteiger partial charge in [0.2, 0.25) is 0 Å². The van der Waals surface area contributed by atoms with E-state index in [9.17, 15) is 0 Å². The van der Waals surface area contributed by atoms with Gasteiger partial charge in [-0.1, -0.05) is 11.6 Å². The monoisotopic (exact) mass is 223 g/mol. The molecule has 0 saturated carbocycles. The molecule has 0 spiro atoms. The van der Waals surface area contributed by atoms with Gasteiger partial charge >= 0.3 is 0 Å². The lowest BCUT2D eigenvalue weighted by Crippen LogP contribution is -2.01. The van der Waals surface area contributed by atoms with Gasteiger partial charge in [-0.05, 0) is 6.07 Å². The Morgan fingerprint density at radius 2 is 2.33 bits per heavy atom. The molecule has 0 aliphatic carbocycles. The first-order valence-electron chi connectivity index (χ1n) is 4.38. The van der Waals surface area contributed by atoms with Crippen LogP contribution in [0.5, 0.6) is 0 Å². The predicted octanol–water partition coefficient (Wildman–Crippen LogP) is 1.65. The summed E-state index contributed by atoms with van der Waals surface area (Å²) in [5.41, 5.74) is 7.11. The highest BCUT2D eigenvalue weighted by molar-refractivity contribution is 6.33. The Hall–Kier alpha value is -1.75. The first kappa shape index (κ1) is 9.79. The average molecular weight is 224 g/mol. The van der Waals surface area contributed by atoms with E-state index in [1.54, 1.807) is 24.7 Å². The molecular formula is C9H10ClN5. The number of H-pyrrole nitrogens is 1. The third kappa shape index (κ3) is 2.38. The third-order valence-corrected chi connectivity index (χ3v) is 2.17. The van der Waals surface area contributed by atoms with Gasteiger partial charge in [-0.25, -0.2) is 4.98 Å². The molecule has 2 aromatic rings. The number of nitrogens with zero attached hydrogens (tertiary/aromatic N) is 2. The van der Waals surface area contributed by atoms with Gasteiger partial charge in [0.1, 0.15) is 5.82 Å². The zero-order valence-electron chi connectivity index (χ0n) is 7.87. The van der Waals surface area contributed by atoms with Crippen LogP contribution in [-0.4, -0.2) is 15.2 Å². The van der Waals surface area contributed by atoms with Crippen molar-refractivity contribution >= 4 is 23.1 Å². The van der Waals surface area contributed by atoms with E-state index in [1.807, 2.05) is 0 Å². The number of nitrogens with one attached hydrogen (secondary N) is 2. The molecule has 2 rings (SSSR count). The molecule has 6 heteroatoms. The van der Waals surface area contributed by atoms with Gasteiger partial charge in [0.05, 0.1) is 23.1 Å². The van der Waals surface area contributed by atoms with Gasteiger partial charge in [-0.15, -0.1) is 0 Å². The zero-order valence-corrected chi connectivity index (χ0v) is 8.62. The summed E-state index contributed by atoms with van der Waals surface area (Å²) in [6.45, 7) is 0.618. The number of hydrogen-bond donors (Lipinski definition) is 3. The molecule has 0 unspecified atom stereocenters. The van der Waals surface area contributed by atoms with Crippen LogP contribution in [0.15, 0.2) is 24.7 Å². The van der Waals surface area contributed by atoms with E-state index in [2.05, 4.69) is 20.5 Å². The van der Waals surface area contributed by atoms with E-state index < -0.39 is 0 Å². The van der Waals surface area contributed by atoms with E-state index >= 15 is 0 Å². The molecule has 0 fully saturated rings. The number of aromatic amines is 1. The summed E-state index contributed by atoms with van der Waals surface area (Å²) in [6, 6.07) is 1.66. The van der Waals surface area contributed by atoms with Crippen LogP contribution >= 0.6 is 11.6 Å². The number of nitrogens with two attached hydrogens (primary N) is 1. The number of hydrogen-bond acceptors (Lipinski definition) is 4. The van der Waals surface area contributed by atoms with Gasteiger partial charge in [0, 0.05) is 18.3 Å². The highest BCUT2D eigenvalue weighted by atomic mass is 35.5. The molecule has 0 bridgehead atoms. The van der Waals surface area contributed by atoms with E-state index in [0.717, 1.165) is 5.56 Å². The number of rotatable bonds is 3. The second kappa shape index (κ2) is 4.18. The van der Waals surface area contributed by atoms with E-state index in [1.165, 1.54) is 0 Å². The molecule has 2 heterocycles. The van der Waals surface area contributed by atoms with Crippen molar-refractivity contribution in [1.29, 1.82) is 0 Å². The molecule has 0 aliphatic rings. The molecule has 15 heavy (non-hydrogen) atoms. The van der Waals surface area contributed by atoms with Gasteiger partial charge in [-0.2, -0.15) is 5.10 Å². The summed E-state index contributed by atoms with van der Waals surface area (Å²) in [7, 11) is 0. The Morgan fingerprint density at radius 3 is 3.00 bits per heavy atom. The standard InChI is InChI=1S/C9H10ClN5/c10-8-1-7(11)5-13-9(8)12-2-6-3-14-15-4-6/h1,3-5H,2,11H2,(H,12,13)(H,14,15). The third-order valence-electron chi connectivity index (χ3n) is 1.88. The SMILES string of the molecule is Nc1cnc(NCc2cn[nH]c2)c(Cl)c1. The van der Waals surface area contributed by atoms with Crippen molar-refractivity contribution in [3.8, 4) is 0 Å². The lowest BCUT2D eigenvalue weighted by molar-refractivity contribution is 1.09. The highest BCUT2D eigenvalue weighted by Gasteiger charge is 2.02. The predicted molar refractivity (Wildman–Crippen MR) is 59.6 cm³/mol. The van der Waals surface area contributed by atoms with Crippen molar-refractivity contribution in [3.05, 3.63) is 35.2 Å². The van der Waals surface area contributed by atoms with Crippen molar-refractivity contribution in [3.63, 3.8) is 0 Å². The molecule has 0 amide bonds. The maximum Gasteiger partial charge on any atom is 0.145 e. The smallest absolute Gasteiger partial charge is 0.145 e. The number of pyridine rings is 1. The maximum atomic E-state index is 5.94. The van der Waals surface area contributed by atoms with Crippen LogP contribution in [0.2, 0.25) is 5.02 Å². The first-order chi connectivity index (χ1) is 7.25. The molecule has 0 atom stereocenters. The Bertz CT molecular complexity index is 440. The van der Waals surface area contributed by atoms with Crippen molar-refractivity contribution in [1.82, 2.24) is 15.2 Å². The van der Waals surface area contributed by atoms with E-state index in [4.69, 9.17) is 17.3 Å². The second-order valence-corrected chi connectivity index (χ2v) is 3.47. The minimum atomic E-state index is 0.512. The summed E-state index contributed by atoms with van der Waals surface area (Å²) in [5.74, 6) is 0.618. The van der Waals surface area contributed by atoms with Crippen molar-refractivity contribution in [2.75, 3.05) is 11.1 Å². The summed E-state index contributed by atoms with van der Waals surface area (Å²) in [5, 5.41) is 10.2. The number of anilines is 2. The van der Waals surface area contributed by atoms with Crippen LogP contribution in [0.3, 0.4) is 0 Å². The topological polar surface area (TPSA) is 79.6 Å². The lowest BCUT2D eigenvalue weighted by Gasteiger charge is -2.05. The summed E-state index contributed by atoms with van der Waals surface area (Å²) >= 11 is 5.94. The maximum absolute atomic E-state index is 5.94. The van der Waals surface area contributed by atoms with Crippen LogP contribution in [0.25, 0.3) is 0 Å². The molecule has 0 saturated heterocycles. The molecule has 2 aromatic heterocycles. The highest BCUT2D eigenvalue weighted by Crippen LogP contribution is 2.21. The lowest BCUT2D eigenvalue weighted by atomic mass is 10.3. The molecular weight excluding hydrogens is 214 g/mol. The minimum Gasteiger partial charge on any atom is -0.397 e.